The molecule has 1 aromatic rings. The van der Waals surface area contributed by atoms with Crippen LogP contribution >= 0.6 is 0 Å². The second kappa shape index (κ2) is 8.22. The Kier molecular flexibility index (Phi) is 5.86. The van der Waals surface area contributed by atoms with Gasteiger partial charge >= 0.3 is 12.2 Å². The number of carbonyl (C=O) groups is 2. The number of ether oxygens (including phenoxy) is 2. The number of hydrogen-bond donors (Lipinski definition) is 0. The fourth-order valence-corrected chi connectivity index (χ4v) is 4.19. The van der Waals surface area contributed by atoms with E-state index in [1.165, 1.54) is 4.90 Å². The molecular formula is C20H20F6N2O4. The van der Waals surface area contributed by atoms with Crippen LogP contribution in [0.2, 0.25) is 0 Å². The number of likely N-dealkylation sites (tertiary alicyclic amines) is 2. The van der Waals surface area contributed by atoms with Gasteiger partial charge in [0.2, 0.25) is 0 Å². The van der Waals surface area contributed by atoms with Crippen molar-refractivity contribution in [1.29, 1.82) is 0 Å². The first-order valence-electron chi connectivity index (χ1n) is 9.96. The number of halogens is 6. The Labute approximate surface area is 179 Å². The van der Waals surface area contributed by atoms with Gasteiger partial charge < -0.3 is 19.3 Å². The summed E-state index contributed by atoms with van der Waals surface area (Å²) < 4.78 is 90.9. The van der Waals surface area contributed by atoms with Crippen LogP contribution in [0, 0.1) is 11.7 Å². The SMILES string of the molecule is O=C1CO[C@@H]2[C@H](C1)CN(C(=O)N1CC(OCc3ccc(C(F)(F)F)cc3F)C1)CC2(F)F. The first-order chi connectivity index (χ1) is 14.9. The average Bonchev–Trinajstić information content (AvgIpc) is 2.65. The second-order valence-electron chi connectivity index (χ2n) is 8.30. The normalized spacial score (nSPS) is 26.0. The van der Waals surface area contributed by atoms with E-state index in [9.17, 15) is 35.9 Å². The van der Waals surface area contributed by atoms with Gasteiger partial charge in [-0.2, -0.15) is 13.2 Å². The van der Waals surface area contributed by atoms with E-state index in [-0.39, 0.29) is 50.6 Å². The third-order valence-corrected chi connectivity index (χ3v) is 5.86. The lowest BCUT2D eigenvalue weighted by atomic mass is 9.86. The van der Waals surface area contributed by atoms with Crippen LogP contribution in [0.3, 0.4) is 0 Å². The van der Waals surface area contributed by atoms with E-state index in [0.717, 1.165) is 17.0 Å². The summed E-state index contributed by atoms with van der Waals surface area (Å²) in [5, 5.41) is 0. The second-order valence-corrected chi connectivity index (χ2v) is 8.30. The van der Waals surface area contributed by atoms with Gasteiger partial charge in [0.1, 0.15) is 18.5 Å². The Morgan fingerprint density at radius 1 is 1.19 bits per heavy atom. The molecular weight excluding hydrogens is 446 g/mol. The third-order valence-electron chi connectivity index (χ3n) is 5.86. The van der Waals surface area contributed by atoms with E-state index in [1.807, 2.05) is 0 Å². The van der Waals surface area contributed by atoms with E-state index in [0.29, 0.717) is 6.07 Å². The zero-order chi connectivity index (χ0) is 23.3. The van der Waals surface area contributed by atoms with Crippen molar-refractivity contribution in [1.82, 2.24) is 9.80 Å². The molecule has 0 aliphatic carbocycles. The van der Waals surface area contributed by atoms with E-state index < -0.39 is 54.2 Å². The van der Waals surface area contributed by atoms with Crippen molar-refractivity contribution in [2.24, 2.45) is 5.92 Å². The zero-order valence-corrected chi connectivity index (χ0v) is 16.7. The summed E-state index contributed by atoms with van der Waals surface area (Å²) in [6, 6.07) is 1.50. The van der Waals surface area contributed by atoms with Crippen molar-refractivity contribution in [3.8, 4) is 0 Å². The number of carbonyl (C=O) groups excluding carboxylic acids is 2. The standard InChI is InChI=1S/C20H20F6N2O4/c21-16-4-13(20(24,25)26)2-1-11(16)8-31-15-6-27(7-15)18(30)28-5-12-3-14(29)9-32-17(12)19(22,23)10-28/h1-2,4,12,15,17H,3,5-10H2/t12-,17-/m1/s1. The van der Waals surface area contributed by atoms with E-state index in [2.05, 4.69) is 0 Å². The maximum atomic E-state index is 14.4. The molecule has 2 atom stereocenters. The maximum Gasteiger partial charge on any atom is 0.416 e. The smallest absolute Gasteiger partial charge is 0.370 e. The highest BCUT2D eigenvalue weighted by atomic mass is 19.4. The Morgan fingerprint density at radius 3 is 2.56 bits per heavy atom. The fourth-order valence-electron chi connectivity index (χ4n) is 4.19. The predicted octanol–water partition coefficient (Wildman–Crippen LogP) is 3.09. The van der Waals surface area contributed by atoms with E-state index in [4.69, 9.17) is 9.47 Å². The van der Waals surface area contributed by atoms with Crippen molar-refractivity contribution >= 4 is 11.8 Å². The Morgan fingerprint density at radius 2 is 1.91 bits per heavy atom. The zero-order valence-electron chi connectivity index (χ0n) is 16.7. The molecule has 3 fully saturated rings. The lowest BCUT2D eigenvalue weighted by Crippen LogP contribution is -2.65. The molecule has 12 heteroatoms. The number of amides is 2. The summed E-state index contributed by atoms with van der Waals surface area (Å²) in [4.78, 5) is 26.4. The van der Waals surface area contributed by atoms with Gasteiger partial charge in [0, 0.05) is 24.4 Å². The van der Waals surface area contributed by atoms with Gasteiger partial charge in [-0.25, -0.2) is 18.0 Å². The van der Waals surface area contributed by atoms with E-state index >= 15 is 0 Å². The molecule has 1 aromatic carbocycles. The number of rotatable bonds is 3. The lowest BCUT2D eigenvalue weighted by molar-refractivity contribution is -0.205. The van der Waals surface area contributed by atoms with Crippen LogP contribution in [-0.4, -0.2) is 72.5 Å². The molecule has 3 aliphatic heterocycles. The summed E-state index contributed by atoms with van der Waals surface area (Å²) in [5.74, 6) is -5.40. The molecule has 176 valence electrons. The molecule has 0 unspecified atom stereocenters. The number of alkyl halides is 5. The minimum absolute atomic E-state index is 0.0242. The monoisotopic (exact) mass is 466 g/mol. The van der Waals surface area contributed by atoms with Crippen molar-refractivity contribution in [2.75, 3.05) is 32.8 Å². The summed E-state index contributed by atoms with van der Waals surface area (Å²) >= 11 is 0. The van der Waals surface area contributed by atoms with Gasteiger partial charge in [-0.1, -0.05) is 6.07 Å². The summed E-state index contributed by atoms with van der Waals surface area (Å²) in [7, 11) is 0. The van der Waals surface area contributed by atoms with Crippen LogP contribution in [0.1, 0.15) is 17.5 Å². The lowest BCUT2D eigenvalue weighted by Gasteiger charge is -2.48. The van der Waals surface area contributed by atoms with Crippen LogP contribution < -0.4 is 0 Å². The van der Waals surface area contributed by atoms with Crippen LogP contribution in [-0.2, 0) is 27.1 Å². The van der Waals surface area contributed by atoms with E-state index in [1.54, 1.807) is 0 Å². The number of urea groups is 1. The number of nitrogens with zero attached hydrogens (tertiary/aromatic N) is 2. The van der Waals surface area contributed by atoms with Crippen molar-refractivity contribution in [3.63, 3.8) is 0 Å². The van der Waals surface area contributed by atoms with Crippen molar-refractivity contribution < 1.29 is 45.4 Å². The molecule has 0 spiro atoms. The number of Topliss-reactive ketones (excluding diaryl/α,β-unsaturated/α-hetero) is 1. The first kappa shape index (κ1) is 22.8. The molecule has 3 heterocycles. The Balaban J connectivity index is 1.28. The third kappa shape index (κ3) is 4.56. The minimum Gasteiger partial charge on any atom is -0.370 e. The molecule has 0 saturated carbocycles. The van der Waals surface area contributed by atoms with Gasteiger partial charge in [0.15, 0.2) is 5.78 Å². The maximum absolute atomic E-state index is 14.4. The van der Waals surface area contributed by atoms with Crippen molar-refractivity contribution in [3.05, 3.63) is 35.1 Å². The van der Waals surface area contributed by atoms with Gasteiger partial charge in [0.05, 0.1) is 37.9 Å². The van der Waals surface area contributed by atoms with Crippen molar-refractivity contribution in [2.45, 2.75) is 37.3 Å². The summed E-state index contributed by atoms with van der Waals surface area (Å²) in [5.41, 5.74) is -1.17. The van der Waals surface area contributed by atoms with Crippen LogP contribution in [0.4, 0.5) is 31.1 Å². The Bertz CT molecular complexity index is 903. The highest BCUT2D eigenvalue weighted by molar-refractivity contribution is 5.81. The van der Waals surface area contributed by atoms with Gasteiger partial charge in [0.25, 0.3) is 5.92 Å². The fraction of sp³-hybridized carbons (Fsp3) is 0.600. The van der Waals surface area contributed by atoms with Crippen LogP contribution in [0.25, 0.3) is 0 Å². The van der Waals surface area contributed by atoms with Crippen LogP contribution in [0.15, 0.2) is 18.2 Å². The molecule has 32 heavy (non-hydrogen) atoms. The number of piperidine rings is 1. The molecule has 4 rings (SSSR count). The first-order valence-corrected chi connectivity index (χ1v) is 9.96. The van der Waals surface area contributed by atoms with Gasteiger partial charge in [-0.15, -0.1) is 0 Å². The molecule has 0 aromatic heterocycles. The quantitative estimate of drug-likeness (QED) is 0.643. The van der Waals surface area contributed by atoms with Crippen LogP contribution in [0.5, 0.6) is 0 Å². The minimum atomic E-state index is -4.66. The molecule has 3 aliphatic rings. The molecule has 0 bridgehead atoms. The summed E-state index contributed by atoms with van der Waals surface area (Å²) in [6.45, 7) is -1.33. The molecule has 6 nitrogen and oxygen atoms in total. The molecule has 2 amide bonds. The highest BCUT2D eigenvalue weighted by Gasteiger charge is 2.54. The molecule has 3 saturated heterocycles. The van der Waals surface area contributed by atoms with Gasteiger partial charge in [-0.05, 0) is 12.1 Å². The Hall–Kier alpha value is -2.34. The number of ketones is 1. The summed E-state index contributed by atoms with van der Waals surface area (Å²) in [6.07, 6.45) is -6.63. The van der Waals surface area contributed by atoms with Gasteiger partial charge in [-0.3, -0.25) is 4.79 Å². The predicted molar refractivity (Wildman–Crippen MR) is 96.3 cm³/mol. The molecule has 0 N–H and O–H groups in total. The molecule has 0 radical (unpaired) electrons. The highest BCUT2D eigenvalue weighted by Crippen LogP contribution is 2.38. The number of hydrogen-bond acceptors (Lipinski definition) is 4. The number of fused-ring (bicyclic) bond motifs is 1. The largest absolute Gasteiger partial charge is 0.416 e. The topological polar surface area (TPSA) is 59.1 Å². The average molecular weight is 466 g/mol. The number of benzene rings is 1.